The van der Waals surface area contributed by atoms with Crippen molar-refractivity contribution in [2.75, 3.05) is 29.4 Å². The first-order valence-electron chi connectivity index (χ1n) is 10.7. The molecule has 3 N–H and O–H groups in total. The molecule has 0 unspecified atom stereocenters. The van der Waals surface area contributed by atoms with Crippen LogP contribution in [0.5, 0.6) is 0 Å². The van der Waals surface area contributed by atoms with Crippen LogP contribution >= 0.6 is 11.9 Å². The van der Waals surface area contributed by atoms with Crippen molar-refractivity contribution in [1.82, 2.24) is 10.3 Å². The fraction of sp³-hybridized carbons (Fsp3) is 0.200. The van der Waals surface area contributed by atoms with Crippen molar-refractivity contribution in [2.45, 2.75) is 13.3 Å². The SMILES string of the molecule is CCOC(=O)c1cc(-c2ccccc2)ncc1NC(=O)CNC(=O)Cc1cccc(NSC)c1. The van der Waals surface area contributed by atoms with Crippen molar-refractivity contribution in [1.29, 1.82) is 0 Å². The van der Waals surface area contributed by atoms with Crippen molar-refractivity contribution >= 4 is 41.1 Å². The monoisotopic (exact) mass is 478 g/mol. The predicted octanol–water partition coefficient (Wildman–Crippen LogP) is 3.91. The van der Waals surface area contributed by atoms with Crippen molar-refractivity contribution in [3.05, 3.63) is 78.0 Å². The van der Waals surface area contributed by atoms with Gasteiger partial charge in [0.2, 0.25) is 11.8 Å². The molecule has 0 saturated heterocycles. The summed E-state index contributed by atoms with van der Waals surface area (Å²) in [6, 6.07) is 18.4. The molecule has 0 saturated carbocycles. The topological polar surface area (TPSA) is 109 Å². The largest absolute Gasteiger partial charge is 0.462 e. The van der Waals surface area contributed by atoms with Crippen LogP contribution in [0.4, 0.5) is 11.4 Å². The van der Waals surface area contributed by atoms with Gasteiger partial charge in [-0.2, -0.15) is 0 Å². The Morgan fingerprint density at radius 1 is 1.00 bits per heavy atom. The number of amides is 2. The van der Waals surface area contributed by atoms with Crippen LogP contribution in [-0.2, 0) is 20.7 Å². The summed E-state index contributed by atoms with van der Waals surface area (Å²) in [5.74, 6) is -1.34. The number of benzene rings is 2. The Bertz CT molecular complexity index is 1150. The van der Waals surface area contributed by atoms with E-state index < -0.39 is 11.9 Å². The molecule has 34 heavy (non-hydrogen) atoms. The molecule has 176 valence electrons. The third-order valence-electron chi connectivity index (χ3n) is 4.70. The molecule has 3 rings (SSSR count). The summed E-state index contributed by atoms with van der Waals surface area (Å²) in [5.41, 5.74) is 3.53. The van der Waals surface area contributed by atoms with E-state index >= 15 is 0 Å². The zero-order valence-electron chi connectivity index (χ0n) is 19.0. The van der Waals surface area contributed by atoms with Crippen LogP contribution in [-0.4, -0.2) is 42.2 Å². The van der Waals surface area contributed by atoms with Crippen LogP contribution in [0.15, 0.2) is 66.9 Å². The lowest BCUT2D eigenvalue weighted by molar-refractivity contribution is -0.123. The van der Waals surface area contributed by atoms with Gasteiger partial charge in [-0.25, -0.2) is 4.79 Å². The number of hydrogen-bond donors (Lipinski definition) is 3. The summed E-state index contributed by atoms with van der Waals surface area (Å²) < 4.78 is 8.25. The number of nitrogens with one attached hydrogen (secondary N) is 3. The highest BCUT2D eigenvalue weighted by Gasteiger charge is 2.17. The van der Waals surface area contributed by atoms with Crippen LogP contribution in [0.1, 0.15) is 22.8 Å². The number of anilines is 2. The first-order valence-corrected chi connectivity index (χ1v) is 11.9. The van der Waals surface area contributed by atoms with Crippen LogP contribution < -0.4 is 15.4 Å². The maximum absolute atomic E-state index is 12.5. The van der Waals surface area contributed by atoms with E-state index in [0.29, 0.717) is 5.69 Å². The first-order chi connectivity index (χ1) is 16.5. The molecule has 0 fully saturated rings. The van der Waals surface area contributed by atoms with Crippen molar-refractivity contribution in [3.8, 4) is 11.3 Å². The number of nitrogens with zero attached hydrogens (tertiary/aromatic N) is 1. The molecule has 0 radical (unpaired) electrons. The van der Waals surface area contributed by atoms with Crippen molar-refractivity contribution < 1.29 is 19.1 Å². The van der Waals surface area contributed by atoms with Gasteiger partial charge in [-0.1, -0.05) is 54.4 Å². The smallest absolute Gasteiger partial charge is 0.340 e. The van der Waals surface area contributed by atoms with Gasteiger partial charge in [0.15, 0.2) is 0 Å². The number of ether oxygens (including phenoxy) is 1. The predicted molar refractivity (Wildman–Crippen MR) is 135 cm³/mol. The van der Waals surface area contributed by atoms with Gasteiger partial charge < -0.3 is 20.1 Å². The molecule has 1 aromatic heterocycles. The third-order valence-corrected chi connectivity index (χ3v) is 5.14. The summed E-state index contributed by atoms with van der Waals surface area (Å²) in [6.07, 6.45) is 3.47. The van der Waals surface area contributed by atoms with Gasteiger partial charge in [-0.3, -0.25) is 14.6 Å². The zero-order chi connectivity index (χ0) is 24.3. The number of aromatic nitrogens is 1. The maximum Gasteiger partial charge on any atom is 0.340 e. The standard InChI is InChI=1S/C25H26N4O4S/c1-3-33-25(32)20-14-21(18-9-5-4-6-10-18)26-15-22(20)28-24(31)16-27-23(30)13-17-8-7-11-19(12-17)29-34-2/h4-12,14-15,29H,3,13,16H2,1-2H3,(H,27,30)(H,28,31). The second-order valence-corrected chi connectivity index (χ2v) is 7.82. The highest BCUT2D eigenvalue weighted by Crippen LogP contribution is 2.23. The minimum absolute atomic E-state index is 0.137. The molecule has 0 atom stereocenters. The average Bonchev–Trinajstić information content (AvgIpc) is 2.84. The molecule has 0 bridgehead atoms. The molecule has 9 heteroatoms. The fourth-order valence-electron chi connectivity index (χ4n) is 3.18. The van der Waals surface area contributed by atoms with Crippen molar-refractivity contribution in [2.24, 2.45) is 0 Å². The van der Waals surface area contributed by atoms with Crippen LogP contribution in [0.3, 0.4) is 0 Å². The maximum atomic E-state index is 12.5. The van der Waals surface area contributed by atoms with E-state index in [1.165, 1.54) is 18.1 Å². The van der Waals surface area contributed by atoms with E-state index in [0.717, 1.165) is 16.8 Å². The Labute approximate surface area is 202 Å². The van der Waals surface area contributed by atoms with Crippen molar-refractivity contribution in [3.63, 3.8) is 0 Å². The summed E-state index contributed by atoms with van der Waals surface area (Å²) in [5, 5.41) is 5.24. The molecule has 0 aliphatic heterocycles. The molecule has 0 aliphatic carbocycles. The Kier molecular flexibility index (Phi) is 9.04. The van der Waals surface area contributed by atoms with E-state index in [-0.39, 0.29) is 36.7 Å². The molecule has 1 heterocycles. The normalized spacial score (nSPS) is 10.3. The van der Waals surface area contributed by atoms with E-state index in [9.17, 15) is 14.4 Å². The molecule has 3 aromatic rings. The molecule has 0 aliphatic rings. The van der Waals surface area contributed by atoms with Gasteiger partial charge in [-0.05, 0) is 30.7 Å². The van der Waals surface area contributed by atoms with Gasteiger partial charge in [0.05, 0.1) is 42.7 Å². The third kappa shape index (κ3) is 7.08. The summed E-state index contributed by atoms with van der Waals surface area (Å²) >= 11 is 1.46. The van der Waals surface area contributed by atoms with E-state index in [1.54, 1.807) is 13.0 Å². The van der Waals surface area contributed by atoms with E-state index in [2.05, 4.69) is 20.3 Å². The number of carbonyl (C=O) groups is 3. The van der Waals surface area contributed by atoms with E-state index in [4.69, 9.17) is 4.74 Å². The number of carbonyl (C=O) groups excluding carboxylic acids is 3. The minimum atomic E-state index is -0.569. The summed E-state index contributed by atoms with van der Waals surface area (Å²) in [6.45, 7) is 1.65. The molecular formula is C25H26N4O4S. The van der Waals surface area contributed by atoms with Crippen LogP contribution in [0.2, 0.25) is 0 Å². The minimum Gasteiger partial charge on any atom is -0.462 e. The summed E-state index contributed by atoms with van der Waals surface area (Å²) in [4.78, 5) is 41.6. The Morgan fingerprint density at radius 3 is 2.53 bits per heavy atom. The quantitative estimate of drug-likeness (QED) is 0.299. The second-order valence-electron chi connectivity index (χ2n) is 7.21. The van der Waals surface area contributed by atoms with Gasteiger partial charge in [0, 0.05) is 17.5 Å². The number of hydrogen-bond acceptors (Lipinski definition) is 7. The lowest BCUT2D eigenvalue weighted by Gasteiger charge is -2.12. The number of pyridine rings is 1. The van der Waals surface area contributed by atoms with E-state index in [1.807, 2.05) is 60.9 Å². The first kappa shape index (κ1) is 24.8. The Morgan fingerprint density at radius 2 is 1.79 bits per heavy atom. The Hall–Kier alpha value is -3.85. The molecular weight excluding hydrogens is 452 g/mol. The average molecular weight is 479 g/mol. The lowest BCUT2D eigenvalue weighted by atomic mass is 10.1. The van der Waals surface area contributed by atoms with Gasteiger partial charge >= 0.3 is 5.97 Å². The summed E-state index contributed by atoms with van der Waals surface area (Å²) in [7, 11) is 0. The molecule has 0 spiro atoms. The molecule has 2 aromatic carbocycles. The van der Waals surface area contributed by atoms with Crippen LogP contribution in [0, 0.1) is 0 Å². The van der Waals surface area contributed by atoms with Gasteiger partial charge in [-0.15, -0.1) is 0 Å². The van der Waals surface area contributed by atoms with Crippen LogP contribution in [0.25, 0.3) is 11.3 Å². The molecule has 8 nitrogen and oxygen atoms in total. The van der Waals surface area contributed by atoms with Gasteiger partial charge in [0.25, 0.3) is 0 Å². The highest BCUT2D eigenvalue weighted by molar-refractivity contribution is 7.99. The Balaban J connectivity index is 1.64. The highest BCUT2D eigenvalue weighted by atomic mass is 32.2. The second kappa shape index (κ2) is 12.4. The lowest BCUT2D eigenvalue weighted by Crippen LogP contribution is -2.34. The number of esters is 1. The molecule has 2 amide bonds. The number of rotatable bonds is 10. The zero-order valence-corrected chi connectivity index (χ0v) is 19.8. The van der Waals surface area contributed by atoms with Gasteiger partial charge in [0.1, 0.15) is 0 Å². The fourth-order valence-corrected chi connectivity index (χ4v) is 3.55.